The van der Waals surface area contributed by atoms with Gasteiger partial charge in [-0.2, -0.15) is 8.78 Å². The van der Waals surface area contributed by atoms with Crippen molar-refractivity contribution in [3.8, 4) is 5.88 Å². The zero-order chi connectivity index (χ0) is 13.7. The molecule has 1 heterocycles. The topological polar surface area (TPSA) is 34.1 Å². The summed E-state index contributed by atoms with van der Waals surface area (Å²) in [5.41, 5.74) is 0.514. The molecule has 0 saturated heterocycles. The molecule has 19 heavy (non-hydrogen) atoms. The Kier molecular flexibility index (Phi) is 3.94. The lowest BCUT2D eigenvalue weighted by molar-refractivity contribution is 0.0106. The van der Waals surface area contributed by atoms with Crippen molar-refractivity contribution < 1.29 is 13.5 Å². The van der Waals surface area contributed by atoms with Crippen molar-refractivity contribution in [1.29, 1.82) is 0 Å². The number of alkyl halides is 2. The summed E-state index contributed by atoms with van der Waals surface area (Å²) in [5, 5.41) is 2.67. The highest BCUT2D eigenvalue weighted by Crippen LogP contribution is 2.28. The predicted molar refractivity (Wildman–Crippen MR) is 69.6 cm³/mol. The van der Waals surface area contributed by atoms with E-state index in [0.29, 0.717) is 11.6 Å². The molecule has 5 heteroatoms. The summed E-state index contributed by atoms with van der Waals surface area (Å²) in [5.74, 6) is -2.48. The van der Waals surface area contributed by atoms with Crippen molar-refractivity contribution in [3.05, 3.63) is 54.2 Å². The van der Waals surface area contributed by atoms with Gasteiger partial charge in [0.05, 0.1) is 25.5 Å². The number of ether oxygens (including phenoxy) is 1. The van der Waals surface area contributed by atoms with E-state index >= 15 is 0 Å². The Morgan fingerprint density at radius 1 is 1.16 bits per heavy atom. The first-order valence-electron chi connectivity index (χ1n) is 5.79. The molecule has 0 spiro atoms. The van der Waals surface area contributed by atoms with Crippen LogP contribution in [-0.2, 0) is 5.92 Å². The summed E-state index contributed by atoms with van der Waals surface area (Å²) in [4.78, 5) is 3.94. The Morgan fingerprint density at radius 3 is 2.47 bits per heavy atom. The van der Waals surface area contributed by atoms with Gasteiger partial charge in [0.25, 0.3) is 5.92 Å². The molecule has 0 fully saturated rings. The first-order valence-corrected chi connectivity index (χ1v) is 5.79. The van der Waals surface area contributed by atoms with E-state index in [9.17, 15) is 8.78 Å². The summed E-state index contributed by atoms with van der Waals surface area (Å²) in [6, 6.07) is 11.0. The van der Waals surface area contributed by atoms with Crippen LogP contribution in [-0.4, -0.2) is 18.6 Å². The highest BCUT2D eigenvalue weighted by Gasteiger charge is 2.30. The molecule has 0 atom stereocenters. The minimum atomic E-state index is -2.93. The highest BCUT2D eigenvalue weighted by molar-refractivity contribution is 5.42. The summed E-state index contributed by atoms with van der Waals surface area (Å²) in [6.45, 7) is -0.481. The first-order chi connectivity index (χ1) is 9.12. The third-order valence-corrected chi connectivity index (χ3v) is 2.66. The molecule has 0 saturated carbocycles. The lowest BCUT2D eigenvalue weighted by atomic mass is 10.1. The van der Waals surface area contributed by atoms with E-state index in [2.05, 4.69) is 10.3 Å². The van der Waals surface area contributed by atoms with Crippen LogP contribution in [0.5, 0.6) is 5.88 Å². The number of pyridine rings is 1. The van der Waals surface area contributed by atoms with E-state index in [1.807, 2.05) is 0 Å². The quantitative estimate of drug-likeness (QED) is 0.899. The number of hydrogen-bond acceptors (Lipinski definition) is 3. The molecule has 100 valence electrons. The van der Waals surface area contributed by atoms with Gasteiger partial charge in [0.2, 0.25) is 5.88 Å². The number of hydrogen-bond donors (Lipinski definition) is 1. The Morgan fingerprint density at radius 2 is 1.89 bits per heavy atom. The van der Waals surface area contributed by atoms with E-state index in [0.717, 1.165) is 0 Å². The van der Waals surface area contributed by atoms with Crippen LogP contribution < -0.4 is 10.1 Å². The molecular formula is C14H14F2N2O. The van der Waals surface area contributed by atoms with Gasteiger partial charge in [-0.05, 0) is 6.07 Å². The van der Waals surface area contributed by atoms with E-state index in [1.165, 1.54) is 25.4 Å². The number of anilines is 1. The maximum absolute atomic E-state index is 13.9. The van der Waals surface area contributed by atoms with Crippen molar-refractivity contribution in [2.75, 3.05) is 19.0 Å². The zero-order valence-corrected chi connectivity index (χ0v) is 10.4. The molecule has 3 nitrogen and oxygen atoms in total. The average molecular weight is 264 g/mol. The molecule has 0 radical (unpaired) electrons. The average Bonchev–Trinajstić information content (AvgIpc) is 2.47. The predicted octanol–water partition coefficient (Wildman–Crippen LogP) is 3.29. The van der Waals surface area contributed by atoms with Crippen molar-refractivity contribution in [2.24, 2.45) is 0 Å². The molecule has 1 aromatic heterocycles. The van der Waals surface area contributed by atoms with Gasteiger partial charge in [0.1, 0.15) is 0 Å². The summed E-state index contributed by atoms with van der Waals surface area (Å²) >= 11 is 0. The first kappa shape index (κ1) is 13.3. The van der Waals surface area contributed by atoms with Gasteiger partial charge >= 0.3 is 0 Å². The number of nitrogens with one attached hydrogen (secondary N) is 1. The van der Waals surface area contributed by atoms with Crippen LogP contribution in [0, 0.1) is 0 Å². The second kappa shape index (κ2) is 5.65. The largest absolute Gasteiger partial charge is 0.481 e. The van der Waals surface area contributed by atoms with Crippen LogP contribution in [0.1, 0.15) is 5.56 Å². The van der Waals surface area contributed by atoms with Crippen LogP contribution in [0.4, 0.5) is 14.5 Å². The second-order valence-electron chi connectivity index (χ2n) is 4.01. The summed E-state index contributed by atoms with van der Waals surface area (Å²) < 4.78 is 32.7. The normalized spacial score (nSPS) is 11.1. The summed E-state index contributed by atoms with van der Waals surface area (Å²) in [7, 11) is 1.50. The monoisotopic (exact) mass is 264 g/mol. The van der Waals surface area contributed by atoms with Crippen LogP contribution >= 0.6 is 0 Å². The van der Waals surface area contributed by atoms with Crippen LogP contribution in [0.15, 0.2) is 48.7 Å². The van der Waals surface area contributed by atoms with Gasteiger partial charge in [0.15, 0.2) is 0 Å². The number of benzene rings is 1. The van der Waals surface area contributed by atoms with Crippen molar-refractivity contribution >= 4 is 5.69 Å². The van der Waals surface area contributed by atoms with Crippen LogP contribution in [0.2, 0.25) is 0 Å². The number of aromatic nitrogens is 1. The van der Waals surface area contributed by atoms with Gasteiger partial charge in [-0.15, -0.1) is 0 Å². The van der Waals surface area contributed by atoms with Gasteiger partial charge < -0.3 is 10.1 Å². The molecule has 0 aliphatic rings. The maximum atomic E-state index is 13.9. The maximum Gasteiger partial charge on any atom is 0.290 e. The van der Waals surface area contributed by atoms with E-state index in [4.69, 9.17) is 4.74 Å². The fourth-order valence-electron chi connectivity index (χ4n) is 1.60. The molecule has 0 unspecified atom stereocenters. The number of methoxy groups -OCH3 is 1. The zero-order valence-electron chi connectivity index (χ0n) is 10.4. The third-order valence-electron chi connectivity index (χ3n) is 2.66. The summed E-state index contributed by atoms with van der Waals surface area (Å²) in [6.07, 6.45) is 1.46. The Bertz CT molecular complexity index is 515. The minimum Gasteiger partial charge on any atom is -0.481 e. The van der Waals surface area contributed by atoms with Gasteiger partial charge in [-0.25, -0.2) is 4.98 Å². The molecule has 2 rings (SSSR count). The lowest BCUT2D eigenvalue weighted by Crippen LogP contribution is -2.24. The second-order valence-corrected chi connectivity index (χ2v) is 4.01. The van der Waals surface area contributed by atoms with Crippen molar-refractivity contribution in [1.82, 2.24) is 4.98 Å². The molecule has 0 bridgehead atoms. The molecule has 0 aliphatic carbocycles. The van der Waals surface area contributed by atoms with Gasteiger partial charge in [0, 0.05) is 11.6 Å². The van der Waals surface area contributed by atoms with Gasteiger partial charge in [-0.1, -0.05) is 30.3 Å². The number of halogens is 2. The highest BCUT2D eigenvalue weighted by atomic mass is 19.3. The van der Waals surface area contributed by atoms with Crippen molar-refractivity contribution in [3.63, 3.8) is 0 Å². The SMILES string of the molecule is COc1ccc(NCC(F)(F)c2ccccc2)cn1. The van der Waals surface area contributed by atoms with Crippen molar-refractivity contribution in [2.45, 2.75) is 5.92 Å². The third kappa shape index (κ3) is 3.40. The minimum absolute atomic E-state index is 0.0102. The smallest absolute Gasteiger partial charge is 0.290 e. The molecule has 0 aliphatic heterocycles. The van der Waals surface area contributed by atoms with Crippen LogP contribution in [0.25, 0.3) is 0 Å². The van der Waals surface area contributed by atoms with Crippen LogP contribution in [0.3, 0.4) is 0 Å². The fourth-order valence-corrected chi connectivity index (χ4v) is 1.60. The molecular weight excluding hydrogens is 250 g/mol. The Labute approximate surface area is 110 Å². The Balaban J connectivity index is 2.01. The van der Waals surface area contributed by atoms with E-state index in [-0.39, 0.29) is 5.56 Å². The molecule has 1 N–H and O–H groups in total. The number of rotatable bonds is 5. The standard InChI is InChI=1S/C14H14F2N2O/c1-19-13-8-7-12(9-17-13)18-10-14(15,16)11-5-3-2-4-6-11/h2-9,18H,10H2,1H3. The van der Waals surface area contributed by atoms with Gasteiger partial charge in [-0.3, -0.25) is 0 Å². The Hall–Kier alpha value is -2.17. The molecule has 1 aromatic carbocycles. The molecule has 0 amide bonds. The molecule has 2 aromatic rings. The fraction of sp³-hybridized carbons (Fsp3) is 0.214. The number of nitrogens with zero attached hydrogens (tertiary/aromatic N) is 1. The van der Waals surface area contributed by atoms with E-state index in [1.54, 1.807) is 30.3 Å². The lowest BCUT2D eigenvalue weighted by Gasteiger charge is -2.18. The van der Waals surface area contributed by atoms with E-state index < -0.39 is 12.5 Å².